The first-order chi connectivity index (χ1) is 6.22. The van der Waals surface area contributed by atoms with Crippen LogP contribution in [0.25, 0.3) is 10.9 Å². The molecule has 0 aliphatic rings. The van der Waals surface area contributed by atoms with Gasteiger partial charge in [0.1, 0.15) is 11.8 Å². The summed E-state index contributed by atoms with van der Waals surface area (Å²) in [6, 6.07) is 7.68. The molecule has 64 valence electrons. The monoisotopic (exact) mass is 190 g/mol. The topological polar surface area (TPSA) is 39.6 Å². The molecule has 1 aromatic heterocycles. The Morgan fingerprint density at radius 2 is 2.23 bits per heavy atom. The second-order valence-corrected chi connectivity index (χ2v) is 3.36. The van der Waals surface area contributed by atoms with Gasteiger partial charge in [-0.1, -0.05) is 17.7 Å². The van der Waals surface area contributed by atoms with E-state index in [1.807, 2.05) is 25.1 Å². The minimum Gasteiger partial charge on any atom is -0.346 e. The van der Waals surface area contributed by atoms with Crippen LogP contribution in [-0.2, 0) is 0 Å². The van der Waals surface area contributed by atoms with Gasteiger partial charge in [-0.05, 0) is 24.6 Å². The molecule has 2 rings (SSSR count). The molecule has 0 atom stereocenters. The molecule has 2 nitrogen and oxygen atoms in total. The molecule has 0 fully saturated rings. The summed E-state index contributed by atoms with van der Waals surface area (Å²) < 4.78 is 0. The Balaban J connectivity index is 2.86. The standard InChI is InChI=1S/C10H7ClN2/c1-6-8-3-2-7(11)4-9(8)13-10(6)5-12/h2-4,13H,1H3. The van der Waals surface area contributed by atoms with Gasteiger partial charge in [-0.25, -0.2) is 0 Å². The number of hydrogen-bond acceptors (Lipinski definition) is 1. The Kier molecular flexibility index (Phi) is 1.75. The van der Waals surface area contributed by atoms with Gasteiger partial charge in [0.25, 0.3) is 0 Å². The van der Waals surface area contributed by atoms with E-state index in [1.54, 1.807) is 0 Å². The lowest BCUT2D eigenvalue weighted by atomic mass is 10.1. The molecule has 1 N–H and O–H groups in total. The maximum atomic E-state index is 8.77. The summed E-state index contributed by atoms with van der Waals surface area (Å²) in [5.41, 5.74) is 2.51. The largest absolute Gasteiger partial charge is 0.346 e. The van der Waals surface area contributed by atoms with E-state index in [0.717, 1.165) is 16.5 Å². The third kappa shape index (κ3) is 1.18. The summed E-state index contributed by atoms with van der Waals surface area (Å²) in [7, 11) is 0. The van der Waals surface area contributed by atoms with Gasteiger partial charge in [0.05, 0.1) is 0 Å². The Bertz CT molecular complexity index is 505. The van der Waals surface area contributed by atoms with Crippen molar-refractivity contribution in [3.05, 3.63) is 34.5 Å². The van der Waals surface area contributed by atoms with Gasteiger partial charge in [0, 0.05) is 15.9 Å². The number of aromatic amines is 1. The van der Waals surface area contributed by atoms with E-state index in [0.29, 0.717) is 10.7 Å². The van der Waals surface area contributed by atoms with E-state index in [9.17, 15) is 0 Å². The summed E-state index contributed by atoms with van der Waals surface area (Å²) in [4.78, 5) is 3.01. The predicted molar refractivity (Wildman–Crippen MR) is 52.8 cm³/mol. The summed E-state index contributed by atoms with van der Waals surface area (Å²) >= 11 is 5.82. The van der Waals surface area contributed by atoms with Crippen LogP contribution in [0.2, 0.25) is 5.02 Å². The van der Waals surface area contributed by atoms with Crippen LogP contribution in [0.1, 0.15) is 11.3 Å². The van der Waals surface area contributed by atoms with Crippen molar-refractivity contribution < 1.29 is 0 Å². The molecule has 0 bridgehead atoms. The Morgan fingerprint density at radius 1 is 1.46 bits per heavy atom. The third-order valence-electron chi connectivity index (χ3n) is 2.13. The molecule has 0 saturated heterocycles. The number of aryl methyl sites for hydroxylation is 1. The number of nitrogens with one attached hydrogen (secondary N) is 1. The Morgan fingerprint density at radius 3 is 2.92 bits per heavy atom. The van der Waals surface area contributed by atoms with E-state index in [-0.39, 0.29) is 0 Å². The normalized spacial score (nSPS) is 10.2. The van der Waals surface area contributed by atoms with Crippen LogP contribution in [0.3, 0.4) is 0 Å². The van der Waals surface area contributed by atoms with Crippen LogP contribution in [0.4, 0.5) is 0 Å². The number of benzene rings is 1. The van der Waals surface area contributed by atoms with Gasteiger partial charge in [0.2, 0.25) is 0 Å². The number of hydrogen-bond donors (Lipinski definition) is 1. The molecule has 1 heterocycles. The van der Waals surface area contributed by atoms with E-state index in [4.69, 9.17) is 16.9 Å². The fourth-order valence-electron chi connectivity index (χ4n) is 1.42. The maximum Gasteiger partial charge on any atom is 0.121 e. The number of aromatic nitrogens is 1. The number of nitriles is 1. The SMILES string of the molecule is Cc1c(C#N)[nH]c2cc(Cl)ccc12. The zero-order chi connectivity index (χ0) is 9.42. The highest BCUT2D eigenvalue weighted by atomic mass is 35.5. The van der Waals surface area contributed by atoms with Crippen molar-refractivity contribution in [3.63, 3.8) is 0 Å². The smallest absolute Gasteiger partial charge is 0.121 e. The summed E-state index contributed by atoms with van der Waals surface area (Å²) in [6.07, 6.45) is 0. The summed E-state index contributed by atoms with van der Waals surface area (Å²) in [5.74, 6) is 0. The highest BCUT2D eigenvalue weighted by Gasteiger charge is 2.06. The molecule has 3 heteroatoms. The molecule has 0 aliphatic carbocycles. The van der Waals surface area contributed by atoms with Crippen molar-refractivity contribution in [2.75, 3.05) is 0 Å². The fourth-order valence-corrected chi connectivity index (χ4v) is 1.59. The van der Waals surface area contributed by atoms with Crippen LogP contribution < -0.4 is 0 Å². The molecular formula is C10H7ClN2. The predicted octanol–water partition coefficient (Wildman–Crippen LogP) is 3.00. The first-order valence-electron chi connectivity index (χ1n) is 3.90. The quantitative estimate of drug-likeness (QED) is 0.682. The van der Waals surface area contributed by atoms with Gasteiger partial charge in [-0.3, -0.25) is 0 Å². The minimum absolute atomic E-state index is 0.609. The van der Waals surface area contributed by atoms with Crippen LogP contribution >= 0.6 is 11.6 Å². The van der Waals surface area contributed by atoms with Gasteiger partial charge in [-0.2, -0.15) is 5.26 Å². The van der Waals surface area contributed by atoms with Crippen LogP contribution in [0, 0.1) is 18.3 Å². The molecule has 1 aromatic carbocycles. The van der Waals surface area contributed by atoms with Gasteiger partial charge in [-0.15, -0.1) is 0 Å². The molecule has 0 aliphatic heterocycles. The Hall–Kier alpha value is -1.46. The maximum absolute atomic E-state index is 8.77. The molecular weight excluding hydrogens is 184 g/mol. The summed E-state index contributed by atoms with van der Waals surface area (Å²) in [5, 5.41) is 10.5. The molecule has 2 aromatic rings. The van der Waals surface area contributed by atoms with Gasteiger partial charge >= 0.3 is 0 Å². The van der Waals surface area contributed by atoms with Crippen molar-refractivity contribution in [1.82, 2.24) is 4.98 Å². The third-order valence-corrected chi connectivity index (χ3v) is 2.37. The lowest BCUT2D eigenvalue weighted by Gasteiger charge is -1.90. The van der Waals surface area contributed by atoms with Crippen molar-refractivity contribution in [1.29, 1.82) is 5.26 Å². The van der Waals surface area contributed by atoms with Crippen molar-refractivity contribution in [2.45, 2.75) is 6.92 Å². The Labute approximate surface area is 80.7 Å². The van der Waals surface area contributed by atoms with Crippen molar-refractivity contribution in [3.8, 4) is 6.07 Å². The molecule has 0 amide bonds. The average Bonchev–Trinajstić information content (AvgIpc) is 2.42. The molecule has 13 heavy (non-hydrogen) atoms. The number of halogens is 1. The molecule has 0 unspecified atom stereocenters. The highest BCUT2D eigenvalue weighted by molar-refractivity contribution is 6.31. The van der Waals surface area contributed by atoms with Crippen LogP contribution in [-0.4, -0.2) is 4.98 Å². The van der Waals surface area contributed by atoms with E-state index in [2.05, 4.69) is 11.1 Å². The van der Waals surface area contributed by atoms with Gasteiger partial charge < -0.3 is 4.98 Å². The zero-order valence-corrected chi connectivity index (χ0v) is 7.81. The van der Waals surface area contributed by atoms with Crippen LogP contribution in [0.5, 0.6) is 0 Å². The molecule has 0 spiro atoms. The van der Waals surface area contributed by atoms with E-state index >= 15 is 0 Å². The second kappa shape index (κ2) is 2.79. The first-order valence-corrected chi connectivity index (χ1v) is 4.28. The lowest BCUT2D eigenvalue weighted by molar-refractivity contribution is 1.33. The number of rotatable bonds is 0. The number of H-pyrrole nitrogens is 1. The fraction of sp³-hybridized carbons (Fsp3) is 0.100. The van der Waals surface area contributed by atoms with Crippen molar-refractivity contribution >= 4 is 22.5 Å². The first kappa shape index (κ1) is 8.15. The zero-order valence-electron chi connectivity index (χ0n) is 7.06. The van der Waals surface area contributed by atoms with Gasteiger partial charge in [0.15, 0.2) is 0 Å². The van der Waals surface area contributed by atoms with Crippen molar-refractivity contribution in [2.24, 2.45) is 0 Å². The summed E-state index contributed by atoms with van der Waals surface area (Å²) in [6.45, 7) is 1.92. The molecule has 0 saturated carbocycles. The highest BCUT2D eigenvalue weighted by Crippen LogP contribution is 2.23. The van der Waals surface area contributed by atoms with E-state index < -0.39 is 0 Å². The second-order valence-electron chi connectivity index (χ2n) is 2.93. The lowest BCUT2D eigenvalue weighted by Crippen LogP contribution is -1.73. The number of fused-ring (bicyclic) bond motifs is 1. The molecule has 0 radical (unpaired) electrons. The average molecular weight is 191 g/mol. The van der Waals surface area contributed by atoms with E-state index in [1.165, 1.54) is 0 Å². The number of nitrogens with zero attached hydrogens (tertiary/aromatic N) is 1. The van der Waals surface area contributed by atoms with Crippen LogP contribution in [0.15, 0.2) is 18.2 Å². The minimum atomic E-state index is 0.609.